The Labute approximate surface area is 234 Å². The summed E-state index contributed by atoms with van der Waals surface area (Å²) in [6.07, 6.45) is 1.59. The van der Waals surface area contributed by atoms with Crippen LogP contribution in [0, 0.1) is 0 Å². The third-order valence-corrected chi connectivity index (χ3v) is 7.24. The summed E-state index contributed by atoms with van der Waals surface area (Å²) >= 11 is 14.0. The zero-order chi connectivity index (χ0) is 27.6. The van der Waals surface area contributed by atoms with Crippen molar-refractivity contribution in [1.82, 2.24) is 4.57 Å². The fourth-order valence-electron chi connectivity index (χ4n) is 4.25. The van der Waals surface area contributed by atoms with E-state index in [4.69, 9.17) is 37.4 Å². The van der Waals surface area contributed by atoms with E-state index < -0.39 is 12.0 Å². The minimum atomic E-state index is -0.782. The minimum Gasteiger partial charge on any atom is -0.491 e. The van der Waals surface area contributed by atoms with Crippen molar-refractivity contribution in [2.45, 2.75) is 46.8 Å². The van der Waals surface area contributed by atoms with Gasteiger partial charge in [-0.25, -0.2) is 9.79 Å². The van der Waals surface area contributed by atoms with Gasteiger partial charge in [0, 0.05) is 5.56 Å². The molecular formula is C28H28Cl2N2O5S. The van der Waals surface area contributed by atoms with E-state index in [0.717, 1.165) is 0 Å². The van der Waals surface area contributed by atoms with Crippen LogP contribution >= 0.6 is 34.5 Å². The molecule has 3 aromatic rings. The number of fused-ring (bicyclic) bond motifs is 1. The molecule has 1 aliphatic rings. The van der Waals surface area contributed by atoms with E-state index in [1.807, 2.05) is 45.0 Å². The number of esters is 1. The second-order valence-corrected chi connectivity index (χ2v) is 10.6. The molecule has 0 radical (unpaired) electrons. The van der Waals surface area contributed by atoms with Crippen molar-refractivity contribution in [3.05, 3.63) is 88.5 Å². The van der Waals surface area contributed by atoms with Crippen LogP contribution in [0.1, 0.15) is 51.8 Å². The summed E-state index contributed by atoms with van der Waals surface area (Å²) in [5, 5.41) is 0.688. The van der Waals surface area contributed by atoms with Crippen molar-refractivity contribution in [1.29, 1.82) is 0 Å². The topological polar surface area (TPSA) is 79.1 Å². The third kappa shape index (κ3) is 5.53. The Hall–Kier alpha value is -3.07. The number of aromatic nitrogens is 1. The normalized spacial score (nSPS) is 15.4. The van der Waals surface area contributed by atoms with Gasteiger partial charge in [-0.05, 0) is 64.5 Å². The van der Waals surface area contributed by atoms with Crippen molar-refractivity contribution in [2.75, 3.05) is 13.2 Å². The fourth-order valence-corrected chi connectivity index (χ4v) is 5.91. The highest BCUT2D eigenvalue weighted by Gasteiger charge is 2.35. The van der Waals surface area contributed by atoms with Crippen LogP contribution in [0.3, 0.4) is 0 Å². The first-order chi connectivity index (χ1) is 18.2. The van der Waals surface area contributed by atoms with E-state index in [0.29, 0.717) is 54.3 Å². The summed E-state index contributed by atoms with van der Waals surface area (Å²) in [4.78, 5) is 32.1. The van der Waals surface area contributed by atoms with Gasteiger partial charge in [-0.1, -0.05) is 52.7 Å². The first-order valence-corrected chi connectivity index (χ1v) is 13.8. The van der Waals surface area contributed by atoms with Gasteiger partial charge in [0.05, 0.1) is 45.2 Å². The number of thiazole rings is 1. The fraction of sp³-hybridized carbons (Fsp3) is 0.321. The number of para-hydroxylation sites is 1. The molecule has 0 N–H and O–H groups in total. The lowest BCUT2D eigenvalue weighted by Gasteiger charge is -2.26. The summed E-state index contributed by atoms with van der Waals surface area (Å²) in [5.41, 5.74) is 1.76. The number of benzene rings is 2. The van der Waals surface area contributed by atoms with Crippen molar-refractivity contribution in [3.63, 3.8) is 0 Å². The van der Waals surface area contributed by atoms with Gasteiger partial charge in [-0.3, -0.25) is 9.36 Å². The summed E-state index contributed by atoms with van der Waals surface area (Å²) in [6.45, 7) is 9.77. The van der Waals surface area contributed by atoms with Crippen LogP contribution in [0.4, 0.5) is 0 Å². The number of nitrogens with zero attached hydrogens (tertiary/aromatic N) is 2. The maximum absolute atomic E-state index is 13.9. The lowest BCUT2D eigenvalue weighted by molar-refractivity contribution is -0.139. The maximum atomic E-state index is 13.9. The van der Waals surface area contributed by atoms with Gasteiger partial charge in [0.1, 0.15) is 11.8 Å². The number of allylic oxidation sites excluding steroid dienone is 1. The molecule has 1 aromatic heterocycles. The Morgan fingerprint density at radius 1 is 1.16 bits per heavy atom. The van der Waals surface area contributed by atoms with Gasteiger partial charge in [-0.15, -0.1) is 0 Å². The summed E-state index contributed by atoms with van der Waals surface area (Å²) in [5.74, 6) is 0.437. The van der Waals surface area contributed by atoms with Gasteiger partial charge in [0.2, 0.25) is 0 Å². The Morgan fingerprint density at radius 2 is 1.84 bits per heavy atom. The second kappa shape index (κ2) is 11.8. The van der Waals surface area contributed by atoms with Crippen LogP contribution in [-0.2, 0) is 9.53 Å². The van der Waals surface area contributed by atoms with Crippen LogP contribution in [0.2, 0.25) is 10.0 Å². The molecule has 2 aromatic carbocycles. The highest BCUT2D eigenvalue weighted by atomic mass is 35.5. The number of hydrogen-bond acceptors (Lipinski definition) is 7. The molecule has 38 heavy (non-hydrogen) atoms. The summed E-state index contributed by atoms with van der Waals surface area (Å²) in [7, 11) is 0. The molecule has 0 bridgehead atoms. The SMILES string of the molecule is CCOC(=O)C1=C(C)N=c2s/c(=C/c3cc(Cl)c(OCC)c(Cl)c3)c(=O)n2[C@@H]1c1ccccc1OC(C)C. The monoisotopic (exact) mass is 574 g/mol. The zero-order valence-corrected chi connectivity index (χ0v) is 24.0. The standard InChI is InChI=1S/C28H28Cl2N2O5S/c1-6-35-25-19(29)12-17(13-20(25)30)14-22-26(33)32-24(18-10-8-9-11-21(18)37-15(3)4)23(27(34)36-7-2)16(5)31-28(32)38-22/h8-15,24H,6-7H2,1-5H3/b22-14+/t24-/m1/s1. The largest absolute Gasteiger partial charge is 0.491 e. The highest BCUT2D eigenvalue weighted by Crippen LogP contribution is 2.37. The zero-order valence-electron chi connectivity index (χ0n) is 21.7. The van der Waals surface area contributed by atoms with Gasteiger partial charge in [0.15, 0.2) is 10.6 Å². The first kappa shape index (κ1) is 28.0. The quantitative estimate of drug-likeness (QED) is 0.341. The molecule has 0 saturated heterocycles. The lowest BCUT2D eigenvalue weighted by Crippen LogP contribution is -2.40. The molecule has 200 valence electrons. The van der Waals surface area contributed by atoms with Gasteiger partial charge in [0.25, 0.3) is 5.56 Å². The van der Waals surface area contributed by atoms with Crippen molar-refractivity contribution in [2.24, 2.45) is 4.99 Å². The minimum absolute atomic E-state index is 0.114. The van der Waals surface area contributed by atoms with E-state index in [9.17, 15) is 9.59 Å². The average molecular weight is 576 g/mol. The van der Waals surface area contributed by atoms with Crippen LogP contribution in [0.5, 0.6) is 11.5 Å². The Kier molecular flexibility index (Phi) is 8.65. The van der Waals surface area contributed by atoms with E-state index >= 15 is 0 Å². The van der Waals surface area contributed by atoms with Crippen LogP contribution in [0.25, 0.3) is 6.08 Å². The van der Waals surface area contributed by atoms with Crippen molar-refractivity contribution >= 4 is 46.6 Å². The van der Waals surface area contributed by atoms with Crippen LogP contribution in [0.15, 0.2) is 57.5 Å². The molecule has 0 amide bonds. The number of halogens is 2. The molecule has 4 rings (SSSR count). The second-order valence-electron chi connectivity index (χ2n) is 8.75. The highest BCUT2D eigenvalue weighted by molar-refractivity contribution is 7.07. The Balaban J connectivity index is 1.95. The number of ether oxygens (including phenoxy) is 3. The van der Waals surface area contributed by atoms with Crippen molar-refractivity contribution < 1.29 is 19.0 Å². The molecule has 1 aliphatic heterocycles. The third-order valence-electron chi connectivity index (χ3n) is 5.70. The van der Waals surface area contributed by atoms with Gasteiger partial charge < -0.3 is 14.2 Å². The predicted octanol–water partition coefficient (Wildman–Crippen LogP) is 5.29. The molecule has 0 aliphatic carbocycles. The van der Waals surface area contributed by atoms with E-state index in [1.54, 1.807) is 32.1 Å². The van der Waals surface area contributed by atoms with Crippen molar-refractivity contribution in [3.8, 4) is 11.5 Å². The van der Waals surface area contributed by atoms with Gasteiger partial charge >= 0.3 is 5.97 Å². The molecule has 1 atom stereocenters. The predicted molar refractivity (Wildman–Crippen MR) is 150 cm³/mol. The molecule has 0 saturated carbocycles. The number of carbonyl (C=O) groups excluding carboxylic acids is 1. The molecule has 2 heterocycles. The van der Waals surface area contributed by atoms with E-state index in [2.05, 4.69) is 4.99 Å². The summed E-state index contributed by atoms with van der Waals surface area (Å²) < 4.78 is 18.9. The summed E-state index contributed by atoms with van der Waals surface area (Å²) in [6, 6.07) is 9.97. The molecule has 10 heteroatoms. The van der Waals surface area contributed by atoms with Crippen LogP contribution in [-0.4, -0.2) is 29.9 Å². The molecule has 0 fully saturated rings. The molecule has 0 spiro atoms. The first-order valence-electron chi connectivity index (χ1n) is 12.2. The smallest absolute Gasteiger partial charge is 0.338 e. The maximum Gasteiger partial charge on any atom is 0.338 e. The Morgan fingerprint density at radius 3 is 2.47 bits per heavy atom. The Bertz CT molecular complexity index is 1570. The van der Waals surface area contributed by atoms with Crippen LogP contribution < -0.4 is 24.4 Å². The number of carbonyl (C=O) groups is 1. The lowest BCUT2D eigenvalue weighted by atomic mass is 9.95. The molecule has 0 unspecified atom stereocenters. The average Bonchev–Trinajstić information content (AvgIpc) is 3.15. The number of rotatable bonds is 8. The number of hydrogen-bond donors (Lipinski definition) is 0. The van der Waals surface area contributed by atoms with E-state index in [-0.39, 0.29) is 23.8 Å². The van der Waals surface area contributed by atoms with E-state index in [1.165, 1.54) is 15.9 Å². The van der Waals surface area contributed by atoms with Gasteiger partial charge in [-0.2, -0.15) is 0 Å². The molecule has 7 nitrogen and oxygen atoms in total. The molecular weight excluding hydrogens is 547 g/mol.